The zero-order valence-corrected chi connectivity index (χ0v) is 29.3. The maximum atomic E-state index is 15.1. The lowest BCUT2D eigenvalue weighted by molar-refractivity contribution is -0.0480. The third kappa shape index (κ3) is 5.44. The fraction of sp³-hybridized carbons (Fsp3) is 0.647. The van der Waals surface area contributed by atoms with E-state index in [9.17, 15) is 9.90 Å². The van der Waals surface area contributed by atoms with E-state index in [1.54, 1.807) is 12.4 Å². The highest BCUT2D eigenvalue weighted by molar-refractivity contribution is 6.74. The van der Waals surface area contributed by atoms with E-state index in [4.69, 9.17) is 18.4 Å². The largest absolute Gasteiger partial charge is 0.508 e. The van der Waals surface area contributed by atoms with Crippen molar-refractivity contribution < 1.29 is 33.1 Å². The number of hydrogen-bond donors (Lipinski definition) is 1. The number of pyridine rings is 1. The molecular formula is C34H49N3O7Si. The molecule has 0 spiro atoms. The molecule has 45 heavy (non-hydrogen) atoms. The molecule has 0 saturated carbocycles. The summed E-state index contributed by atoms with van der Waals surface area (Å²) in [7, 11) is 1.08. The molecule has 10 nitrogen and oxygen atoms in total. The Morgan fingerprint density at radius 2 is 1.73 bits per heavy atom. The van der Waals surface area contributed by atoms with Gasteiger partial charge in [-0.1, -0.05) is 47.5 Å². The van der Waals surface area contributed by atoms with E-state index in [1.807, 2.05) is 19.0 Å². The lowest BCUT2D eigenvalue weighted by atomic mass is 9.58. The highest BCUT2D eigenvalue weighted by Gasteiger charge is 2.67. The summed E-state index contributed by atoms with van der Waals surface area (Å²) in [5.74, 6) is -1.10. The van der Waals surface area contributed by atoms with Gasteiger partial charge in [0, 0.05) is 17.7 Å². The molecule has 11 heteroatoms. The van der Waals surface area contributed by atoms with Gasteiger partial charge in [0.1, 0.15) is 17.1 Å². The summed E-state index contributed by atoms with van der Waals surface area (Å²) >= 11 is 0. The van der Waals surface area contributed by atoms with Gasteiger partial charge in [-0.05, 0) is 74.5 Å². The zero-order valence-electron chi connectivity index (χ0n) is 28.3. The number of aliphatic hydroxyl groups excluding tert-OH is 1. The van der Waals surface area contributed by atoms with E-state index < -0.39 is 31.7 Å². The lowest BCUT2D eigenvalue weighted by Gasteiger charge is -2.55. The van der Waals surface area contributed by atoms with Crippen LogP contribution in [0, 0.1) is 11.8 Å². The Morgan fingerprint density at radius 1 is 1.07 bits per heavy atom. The smallest absolute Gasteiger partial charge is 0.265 e. The molecular weight excluding hydrogens is 590 g/mol. The molecule has 246 valence electrons. The van der Waals surface area contributed by atoms with Gasteiger partial charge in [-0.3, -0.25) is 19.5 Å². The van der Waals surface area contributed by atoms with Crippen LogP contribution in [-0.4, -0.2) is 72.9 Å². The molecule has 2 aromatic heterocycles. The molecule has 3 aliphatic carbocycles. The fourth-order valence-corrected chi connectivity index (χ4v) is 8.25. The number of carbonyl (C=O) groups is 2. The summed E-state index contributed by atoms with van der Waals surface area (Å²) in [5.41, 5.74) is -0.232. The van der Waals surface area contributed by atoms with E-state index in [0.29, 0.717) is 43.1 Å². The number of ketones is 2. The number of unbranched alkanes of at least 4 members (excludes halogenated alkanes) is 2. The molecule has 0 aromatic carbocycles. The summed E-state index contributed by atoms with van der Waals surface area (Å²) < 4.78 is 25.1. The highest BCUT2D eigenvalue weighted by atomic mass is 28.4. The summed E-state index contributed by atoms with van der Waals surface area (Å²) in [6.45, 7) is 15.4. The molecule has 0 saturated heterocycles. The zero-order chi connectivity index (χ0) is 32.9. The van der Waals surface area contributed by atoms with Gasteiger partial charge in [-0.15, -0.1) is 0 Å². The second-order valence-electron chi connectivity index (χ2n) is 14.5. The standard InChI is InChI=1S/C34H49N3O7Si/c1-10-12-14-41-23-19-35-18-21-16-20-17-22-27(37(6)7)29-26(32(36-43-29)42-15-13-11-2)31(40)34(22,44-45(8,9)33(3,4)5)30(39)25(20)28(38)24(21)23/h18-20,22,27,39H,10-17H2,1-9H3/t20-,22-,27-,34-/m0/s1. The Morgan fingerprint density at radius 3 is 2.36 bits per heavy atom. The lowest BCUT2D eigenvalue weighted by Crippen LogP contribution is -2.65. The Balaban J connectivity index is 1.75. The van der Waals surface area contributed by atoms with Crippen molar-refractivity contribution in [2.24, 2.45) is 11.8 Å². The van der Waals surface area contributed by atoms with Gasteiger partial charge in [-0.25, -0.2) is 0 Å². The van der Waals surface area contributed by atoms with Crippen molar-refractivity contribution in [1.82, 2.24) is 15.0 Å². The van der Waals surface area contributed by atoms with Crippen LogP contribution in [0.3, 0.4) is 0 Å². The third-order valence-corrected chi connectivity index (χ3v) is 14.6. The first-order chi connectivity index (χ1) is 21.2. The van der Waals surface area contributed by atoms with Gasteiger partial charge in [0.15, 0.2) is 25.5 Å². The number of rotatable bonds is 11. The minimum absolute atomic E-state index is 0.102. The number of Topliss-reactive ketones (excluding diaryl/α,β-unsaturated/α-hetero) is 2. The Labute approximate surface area is 267 Å². The van der Waals surface area contributed by atoms with E-state index in [-0.39, 0.29) is 39.5 Å². The van der Waals surface area contributed by atoms with E-state index in [0.717, 1.165) is 31.2 Å². The summed E-state index contributed by atoms with van der Waals surface area (Å²) in [6.07, 6.45) is 7.65. The predicted octanol–water partition coefficient (Wildman–Crippen LogP) is 6.87. The molecule has 0 fully saturated rings. The monoisotopic (exact) mass is 639 g/mol. The second kappa shape index (κ2) is 12.3. The van der Waals surface area contributed by atoms with Crippen LogP contribution in [0.5, 0.6) is 11.6 Å². The average Bonchev–Trinajstić information content (AvgIpc) is 3.37. The topological polar surface area (TPSA) is 124 Å². The van der Waals surface area contributed by atoms with Crippen LogP contribution >= 0.6 is 0 Å². The van der Waals surface area contributed by atoms with E-state index in [1.165, 1.54) is 0 Å². The average molecular weight is 640 g/mol. The van der Waals surface area contributed by atoms with Crippen molar-refractivity contribution in [2.75, 3.05) is 27.3 Å². The molecule has 2 heterocycles. The quantitative estimate of drug-likeness (QED) is 0.206. The van der Waals surface area contributed by atoms with Gasteiger partial charge in [-0.2, -0.15) is 0 Å². The number of hydrogen-bond acceptors (Lipinski definition) is 10. The van der Waals surface area contributed by atoms with Crippen LogP contribution in [0.2, 0.25) is 18.1 Å². The number of carbonyl (C=O) groups excluding carboxylic acids is 2. The molecule has 1 N–H and O–H groups in total. The second-order valence-corrected chi connectivity index (χ2v) is 19.2. The Bertz CT molecular complexity index is 1490. The summed E-state index contributed by atoms with van der Waals surface area (Å²) in [4.78, 5) is 36.0. The number of ether oxygens (including phenoxy) is 2. The minimum Gasteiger partial charge on any atom is -0.508 e. The number of fused-ring (bicyclic) bond motifs is 4. The van der Waals surface area contributed by atoms with Gasteiger partial charge < -0.3 is 23.5 Å². The molecule has 0 radical (unpaired) electrons. The van der Waals surface area contributed by atoms with Crippen molar-refractivity contribution in [3.8, 4) is 11.6 Å². The SMILES string of the molecule is CCCCOc1cncc2c1C(=O)C1=C(O)[C@]3(O[Si](C)(C)C(C)(C)C)C(=O)c4c(OCCCC)noc4[C@@H](N(C)C)[C@@H]3C[C@@H]1C2. The van der Waals surface area contributed by atoms with Crippen molar-refractivity contribution in [2.45, 2.75) is 103 Å². The van der Waals surface area contributed by atoms with Crippen LogP contribution in [0.25, 0.3) is 0 Å². The van der Waals surface area contributed by atoms with Gasteiger partial charge in [0.25, 0.3) is 5.88 Å². The molecule has 2 aromatic rings. The molecule has 4 atom stereocenters. The number of nitrogens with zero attached hydrogens (tertiary/aromatic N) is 3. The minimum atomic E-state index is -2.76. The first kappa shape index (κ1) is 33.3. The van der Waals surface area contributed by atoms with E-state index in [2.05, 4.69) is 57.9 Å². The third-order valence-electron chi connectivity index (χ3n) is 10.2. The fourth-order valence-electron chi connectivity index (χ4n) is 6.79. The Hall–Kier alpha value is -3.02. The molecule has 3 aliphatic rings. The first-order valence-corrected chi connectivity index (χ1v) is 19.2. The first-order valence-electron chi connectivity index (χ1n) is 16.3. The normalized spacial score (nSPS) is 24.7. The van der Waals surface area contributed by atoms with Crippen LogP contribution in [0.15, 0.2) is 28.2 Å². The number of aliphatic hydroxyl groups is 1. The molecule has 0 aliphatic heterocycles. The molecule has 5 rings (SSSR count). The van der Waals surface area contributed by atoms with Gasteiger partial charge in [0.05, 0.1) is 31.0 Å². The molecule has 0 bridgehead atoms. The van der Waals surface area contributed by atoms with Crippen LogP contribution in [0.4, 0.5) is 0 Å². The molecule has 0 unspecified atom stereocenters. The van der Waals surface area contributed by atoms with Gasteiger partial charge in [0.2, 0.25) is 5.78 Å². The van der Waals surface area contributed by atoms with Gasteiger partial charge >= 0.3 is 0 Å². The van der Waals surface area contributed by atoms with Crippen LogP contribution in [-0.2, 0) is 10.8 Å². The number of allylic oxidation sites excluding steroid dienone is 1. The predicted molar refractivity (Wildman–Crippen MR) is 173 cm³/mol. The van der Waals surface area contributed by atoms with Crippen molar-refractivity contribution in [3.63, 3.8) is 0 Å². The highest BCUT2D eigenvalue weighted by Crippen LogP contribution is 2.59. The summed E-state index contributed by atoms with van der Waals surface area (Å²) in [5, 5.41) is 16.5. The van der Waals surface area contributed by atoms with Crippen LogP contribution in [0.1, 0.15) is 105 Å². The Kier molecular flexibility index (Phi) is 9.11. The number of aromatic nitrogens is 2. The van der Waals surface area contributed by atoms with E-state index >= 15 is 4.79 Å². The van der Waals surface area contributed by atoms with Crippen molar-refractivity contribution in [3.05, 3.63) is 46.2 Å². The van der Waals surface area contributed by atoms with Crippen molar-refractivity contribution in [1.29, 1.82) is 0 Å². The molecule has 0 amide bonds. The maximum absolute atomic E-state index is 15.1. The summed E-state index contributed by atoms with van der Waals surface area (Å²) in [6, 6.07) is -0.472. The maximum Gasteiger partial charge on any atom is 0.265 e. The van der Waals surface area contributed by atoms with Crippen LogP contribution < -0.4 is 9.47 Å². The van der Waals surface area contributed by atoms with Crippen molar-refractivity contribution >= 4 is 19.9 Å².